The fourth-order valence-corrected chi connectivity index (χ4v) is 2.39. The number of rotatable bonds is 9. The average molecular weight is 366 g/mol. The Morgan fingerprint density at radius 1 is 1.15 bits per heavy atom. The summed E-state index contributed by atoms with van der Waals surface area (Å²) in [6.45, 7) is 7.39. The first kappa shape index (κ1) is 21.3. The second kappa shape index (κ2) is 10.3. The van der Waals surface area contributed by atoms with Gasteiger partial charge in [-0.3, -0.25) is 9.59 Å². The van der Waals surface area contributed by atoms with E-state index in [1.54, 1.807) is 18.2 Å². The topological polar surface area (TPSA) is 105 Å². The first-order valence-corrected chi connectivity index (χ1v) is 8.50. The van der Waals surface area contributed by atoms with E-state index in [9.17, 15) is 19.5 Å². The van der Waals surface area contributed by atoms with Gasteiger partial charge in [0.25, 0.3) is 5.91 Å². The highest BCUT2D eigenvalue weighted by atomic mass is 16.5. The number of carbonyl (C=O) groups is 3. The monoisotopic (exact) mass is 366 g/mol. The van der Waals surface area contributed by atoms with Crippen LogP contribution in [-0.4, -0.2) is 53.7 Å². The van der Waals surface area contributed by atoms with Crippen LogP contribution in [0.1, 0.15) is 33.3 Å². The Morgan fingerprint density at radius 3 is 2.31 bits per heavy atom. The lowest BCUT2D eigenvalue weighted by molar-refractivity contribution is -0.133. The number of imide groups is 1. The molecular formula is C18H26N2O6. The van der Waals surface area contributed by atoms with Crippen molar-refractivity contribution in [3.63, 3.8) is 0 Å². The van der Waals surface area contributed by atoms with Crippen molar-refractivity contribution in [1.29, 1.82) is 0 Å². The maximum absolute atomic E-state index is 12.2. The number of benzene rings is 1. The van der Waals surface area contributed by atoms with Crippen molar-refractivity contribution >= 4 is 17.9 Å². The summed E-state index contributed by atoms with van der Waals surface area (Å²) in [5.41, 5.74) is 0.808. The molecule has 1 rings (SSSR count). The molecule has 1 unspecified atom stereocenters. The summed E-state index contributed by atoms with van der Waals surface area (Å²) in [6, 6.07) is 4.42. The summed E-state index contributed by atoms with van der Waals surface area (Å²) < 4.78 is 11.0. The minimum absolute atomic E-state index is 0.0301. The highest BCUT2D eigenvalue weighted by molar-refractivity contribution is 5.95. The zero-order chi connectivity index (χ0) is 19.7. The lowest BCUT2D eigenvalue weighted by Gasteiger charge is -2.22. The Morgan fingerprint density at radius 2 is 1.77 bits per heavy atom. The van der Waals surface area contributed by atoms with Gasteiger partial charge in [0.2, 0.25) is 5.91 Å². The van der Waals surface area contributed by atoms with Gasteiger partial charge in [-0.25, -0.2) is 9.69 Å². The molecule has 0 bridgehead atoms. The first-order chi connectivity index (χ1) is 12.3. The van der Waals surface area contributed by atoms with Gasteiger partial charge >= 0.3 is 6.09 Å². The van der Waals surface area contributed by atoms with E-state index in [0.717, 1.165) is 5.56 Å². The SMILES string of the molecule is CCOc1ccc(CCN(C(=O)O)C(=O)C(C)NC(C)=O)cc1OCC. The Balaban J connectivity index is 2.86. The summed E-state index contributed by atoms with van der Waals surface area (Å²) >= 11 is 0. The number of nitrogens with one attached hydrogen (secondary N) is 1. The molecule has 0 heterocycles. The highest BCUT2D eigenvalue weighted by Crippen LogP contribution is 2.28. The summed E-state index contributed by atoms with van der Waals surface area (Å²) in [6.07, 6.45) is -1.04. The Bertz CT molecular complexity index is 647. The molecule has 0 radical (unpaired) electrons. The van der Waals surface area contributed by atoms with Crippen LogP contribution in [0.4, 0.5) is 4.79 Å². The van der Waals surface area contributed by atoms with Crippen LogP contribution in [0.15, 0.2) is 18.2 Å². The second-order valence-electron chi connectivity index (χ2n) is 5.59. The van der Waals surface area contributed by atoms with Crippen molar-refractivity contribution in [2.45, 2.75) is 40.2 Å². The highest BCUT2D eigenvalue weighted by Gasteiger charge is 2.26. The van der Waals surface area contributed by atoms with Crippen molar-refractivity contribution in [1.82, 2.24) is 10.2 Å². The zero-order valence-corrected chi connectivity index (χ0v) is 15.6. The third-order valence-electron chi connectivity index (χ3n) is 3.52. The number of hydrogen-bond acceptors (Lipinski definition) is 5. The van der Waals surface area contributed by atoms with Crippen LogP contribution in [0.25, 0.3) is 0 Å². The number of carboxylic acid groups (broad SMARTS) is 1. The third kappa shape index (κ3) is 6.27. The third-order valence-corrected chi connectivity index (χ3v) is 3.52. The van der Waals surface area contributed by atoms with E-state index < -0.39 is 23.9 Å². The molecule has 0 aliphatic carbocycles. The van der Waals surface area contributed by atoms with Gasteiger partial charge in [-0.2, -0.15) is 0 Å². The molecule has 8 heteroatoms. The predicted molar refractivity (Wildman–Crippen MR) is 95.5 cm³/mol. The van der Waals surface area contributed by atoms with Gasteiger partial charge in [0.05, 0.1) is 13.2 Å². The fourth-order valence-electron chi connectivity index (χ4n) is 2.39. The molecule has 1 aromatic rings. The van der Waals surface area contributed by atoms with E-state index in [1.807, 2.05) is 13.8 Å². The quantitative estimate of drug-likeness (QED) is 0.693. The van der Waals surface area contributed by atoms with Gasteiger partial charge in [0.1, 0.15) is 6.04 Å². The predicted octanol–water partition coefficient (Wildman–Crippen LogP) is 2.06. The van der Waals surface area contributed by atoms with Gasteiger partial charge in [-0.1, -0.05) is 6.07 Å². The standard InChI is InChI=1S/C18H26N2O6/c1-5-25-15-8-7-14(11-16(15)26-6-2)9-10-20(18(23)24)17(22)12(3)19-13(4)21/h7-8,11-12H,5-6,9-10H2,1-4H3,(H,19,21)(H,23,24). The van der Waals surface area contributed by atoms with Gasteiger partial charge < -0.3 is 19.9 Å². The van der Waals surface area contributed by atoms with E-state index in [0.29, 0.717) is 36.0 Å². The fraction of sp³-hybridized carbons (Fsp3) is 0.500. The molecule has 2 N–H and O–H groups in total. The van der Waals surface area contributed by atoms with E-state index >= 15 is 0 Å². The maximum Gasteiger partial charge on any atom is 0.414 e. The lowest BCUT2D eigenvalue weighted by Crippen LogP contribution is -2.49. The Kier molecular flexibility index (Phi) is 8.41. The molecule has 0 saturated carbocycles. The van der Waals surface area contributed by atoms with Crippen LogP contribution in [0.2, 0.25) is 0 Å². The van der Waals surface area contributed by atoms with Crippen LogP contribution in [-0.2, 0) is 16.0 Å². The largest absolute Gasteiger partial charge is 0.490 e. The van der Waals surface area contributed by atoms with Crippen molar-refractivity contribution in [3.8, 4) is 11.5 Å². The minimum atomic E-state index is -1.36. The Hall–Kier alpha value is -2.77. The molecule has 0 saturated heterocycles. The molecule has 3 amide bonds. The van der Waals surface area contributed by atoms with Crippen LogP contribution >= 0.6 is 0 Å². The molecule has 8 nitrogen and oxygen atoms in total. The second-order valence-corrected chi connectivity index (χ2v) is 5.59. The number of nitrogens with zero attached hydrogens (tertiary/aromatic N) is 1. The molecule has 0 aliphatic heterocycles. The van der Waals surface area contributed by atoms with Crippen LogP contribution in [0.3, 0.4) is 0 Å². The molecule has 144 valence electrons. The molecule has 0 aromatic heterocycles. The molecule has 0 fully saturated rings. The first-order valence-electron chi connectivity index (χ1n) is 8.50. The van der Waals surface area contributed by atoms with Crippen molar-refractivity contribution in [2.75, 3.05) is 19.8 Å². The number of ether oxygens (including phenoxy) is 2. The average Bonchev–Trinajstić information content (AvgIpc) is 2.56. The van der Waals surface area contributed by atoms with Gasteiger partial charge in [0, 0.05) is 13.5 Å². The summed E-state index contributed by atoms with van der Waals surface area (Å²) in [7, 11) is 0. The number of hydrogen-bond donors (Lipinski definition) is 2. The molecular weight excluding hydrogens is 340 g/mol. The molecule has 0 spiro atoms. The smallest absolute Gasteiger partial charge is 0.414 e. The van der Waals surface area contributed by atoms with E-state index in [4.69, 9.17) is 9.47 Å². The maximum atomic E-state index is 12.2. The van der Waals surface area contributed by atoms with Gasteiger partial charge in [0.15, 0.2) is 11.5 Å². The number of carbonyl (C=O) groups excluding carboxylic acids is 2. The van der Waals surface area contributed by atoms with E-state index in [2.05, 4.69) is 5.32 Å². The van der Waals surface area contributed by atoms with E-state index in [-0.39, 0.29) is 6.54 Å². The molecule has 1 aromatic carbocycles. The van der Waals surface area contributed by atoms with Crippen molar-refractivity contribution in [2.24, 2.45) is 0 Å². The molecule has 1 atom stereocenters. The molecule has 26 heavy (non-hydrogen) atoms. The van der Waals surface area contributed by atoms with E-state index in [1.165, 1.54) is 13.8 Å². The molecule has 0 aliphatic rings. The lowest BCUT2D eigenvalue weighted by atomic mass is 10.1. The van der Waals surface area contributed by atoms with Gasteiger partial charge in [-0.15, -0.1) is 0 Å². The zero-order valence-electron chi connectivity index (χ0n) is 15.6. The summed E-state index contributed by atoms with van der Waals surface area (Å²) in [5.74, 6) is 0.114. The van der Waals surface area contributed by atoms with Crippen LogP contribution in [0.5, 0.6) is 11.5 Å². The van der Waals surface area contributed by atoms with Crippen molar-refractivity contribution in [3.05, 3.63) is 23.8 Å². The van der Waals surface area contributed by atoms with Gasteiger partial charge in [-0.05, 0) is 44.9 Å². The normalized spacial score (nSPS) is 11.4. The summed E-state index contributed by atoms with van der Waals surface area (Å²) in [5, 5.41) is 11.7. The van der Waals surface area contributed by atoms with Crippen molar-refractivity contribution < 1.29 is 29.0 Å². The minimum Gasteiger partial charge on any atom is -0.490 e. The summed E-state index contributed by atoms with van der Waals surface area (Å²) in [4.78, 5) is 35.4. The number of amides is 3. The van der Waals surface area contributed by atoms with Crippen LogP contribution < -0.4 is 14.8 Å². The van der Waals surface area contributed by atoms with Crippen LogP contribution in [0, 0.1) is 0 Å². The Labute approximate surface area is 153 Å².